The summed E-state index contributed by atoms with van der Waals surface area (Å²) in [6.45, 7) is 4.48. The zero-order chi connectivity index (χ0) is 21.6. The minimum absolute atomic E-state index is 0.125. The largest absolute Gasteiger partial charge is 0.506 e. The molecular weight excluding hydrogens is 406 g/mol. The molecule has 9 heteroatoms. The minimum atomic E-state index is -4.22. The van der Waals surface area contributed by atoms with Crippen molar-refractivity contribution in [2.24, 2.45) is 10.3 Å². The number of hydrogen-bond donors (Lipinski definition) is 2. The van der Waals surface area contributed by atoms with Gasteiger partial charge in [0.05, 0.1) is 11.2 Å². The number of fused-ring (bicyclic) bond motifs is 2. The zero-order valence-electron chi connectivity index (χ0n) is 16.4. The van der Waals surface area contributed by atoms with Crippen molar-refractivity contribution < 1.29 is 18.6 Å². The van der Waals surface area contributed by atoms with Gasteiger partial charge in [0, 0.05) is 18.0 Å². The van der Waals surface area contributed by atoms with Gasteiger partial charge in [-0.05, 0) is 36.6 Å². The summed E-state index contributed by atoms with van der Waals surface area (Å²) in [5.41, 5.74) is -0.0876. The molecule has 1 aromatic heterocycles. The maximum Gasteiger partial charge on any atom is 0.286 e. The van der Waals surface area contributed by atoms with Crippen LogP contribution in [-0.4, -0.2) is 23.9 Å². The van der Waals surface area contributed by atoms with Crippen molar-refractivity contribution in [1.29, 1.82) is 0 Å². The average molecular weight is 426 g/mol. The van der Waals surface area contributed by atoms with E-state index in [1.165, 1.54) is 16.7 Å². The third-order valence-corrected chi connectivity index (χ3v) is 6.32. The van der Waals surface area contributed by atoms with Crippen LogP contribution in [0.5, 0.6) is 11.5 Å². The summed E-state index contributed by atoms with van der Waals surface area (Å²) in [4.78, 5) is 13.1. The highest BCUT2D eigenvalue weighted by molar-refractivity contribution is 7.90. The van der Waals surface area contributed by atoms with Crippen molar-refractivity contribution in [2.75, 3.05) is 5.32 Å². The SMILES string of the molecule is CC(C)CCn1c(=O)c(C2=NS(=O)(=O)c3cc([O])ccc3N2)c(O)c2ccccc21. The van der Waals surface area contributed by atoms with Crippen LogP contribution in [0.15, 0.2) is 56.6 Å². The fourth-order valence-electron chi connectivity index (χ4n) is 3.46. The van der Waals surface area contributed by atoms with E-state index in [0.29, 0.717) is 23.4 Å². The maximum atomic E-state index is 13.3. The second kappa shape index (κ2) is 7.17. The monoisotopic (exact) mass is 426 g/mol. The lowest BCUT2D eigenvalue weighted by Crippen LogP contribution is -2.33. The van der Waals surface area contributed by atoms with Crippen molar-refractivity contribution in [3.63, 3.8) is 0 Å². The topological polar surface area (TPSA) is 121 Å². The van der Waals surface area contributed by atoms with Crippen LogP contribution in [0, 0.1) is 5.92 Å². The van der Waals surface area contributed by atoms with Crippen LogP contribution in [0.2, 0.25) is 0 Å². The lowest BCUT2D eigenvalue weighted by Gasteiger charge is -2.20. The van der Waals surface area contributed by atoms with Gasteiger partial charge in [-0.1, -0.05) is 26.0 Å². The standard InChI is InChI=1S/C21H20N3O5S/c1-12(2)9-10-24-16-6-4-3-5-14(16)19(26)18(21(24)27)20-22-15-8-7-13(25)11-17(15)30(28,29)23-20/h3-8,11-12,26H,9-10H2,1-2H3,(H,22,23). The minimum Gasteiger partial charge on any atom is -0.506 e. The van der Waals surface area contributed by atoms with Crippen molar-refractivity contribution >= 4 is 32.4 Å². The predicted octanol–water partition coefficient (Wildman–Crippen LogP) is 3.46. The van der Waals surface area contributed by atoms with Gasteiger partial charge in [-0.15, -0.1) is 4.40 Å². The molecule has 0 fully saturated rings. The third kappa shape index (κ3) is 3.30. The third-order valence-electron chi connectivity index (χ3n) is 5.01. The van der Waals surface area contributed by atoms with E-state index in [4.69, 9.17) is 0 Å². The summed E-state index contributed by atoms with van der Waals surface area (Å²) in [7, 11) is -4.22. The molecule has 0 unspecified atom stereocenters. The number of amidine groups is 1. The fraction of sp³-hybridized carbons (Fsp3) is 0.238. The molecule has 8 nitrogen and oxygen atoms in total. The summed E-state index contributed by atoms with van der Waals surface area (Å²) in [5.74, 6) is -0.747. The van der Waals surface area contributed by atoms with Gasteiger partial charge in [0.25, 0.3) is 15.6 Å². The molecule has 2 N–H and O–H groups in total. The number of aromatic hydroxyl groups is 1. The van der Waals surface area contributed by atoms with Gasteiger partial charge in [-0.25, -0.2) is 0 Å². The zero-order valence-corrected chi connectivity index (χ0v) is 17.2. The van der Waals surface area contributed by atoms with Gasteiger partial charge in [-0.2, -0.15) is 8.42 Å². The van der Waals surface area contributed by atoms with Crippen LogP contribution < -0.4 is 10.9 Å². The summed E-state index contributed by atoms with van der Waals surface area (Å²) < 4.78 is 30.5. The number of rotatable bonds is 4. The summed E-state index contributed by atoms with van der Waals surface area (Å²) in [6.07, 6.45) is 0.724. The van der Waals surface area contributed by atoms with E-state index in [9.17, 15) is 23.4 Å². The quantitative estimate of drug-likeness (QED) is 0.662. The predicted molar refractivity (Wildman–Crippen MR) is 113 cm³/mol. The van der Waals surface area contributed by atoms with Crippen molar-refractivity contribution in [1.82, 2.24) is 4.57 Å². The molecule has 0 spiro atoms. The normalized spacial score (nSPS) is 15.0. The van der Waals surface area contributed by atoms with Gasteiger partial charge >= 0.3 is 0 Å². The molecule has 2 aromatic carbocycles. The van der Waals surface area contributed by atoms with Crippen LogP contribution in [0.3, 0.4) is 0 Å². The first-order chi connectivity index (χ1) is 14.2. The highest BCUT2D eigenvalue weighted by Crippen LogP contribution is 2.34. The van der Waals surface area contributed by atoms with Crippen LogP contribution in [0.1, 0.15) is 25.8 Å². The van der Waals surface area contributed by atoms with E-state index in [0.717, 1.165) is 12.5 Å². The van der Waals surface area contributed by atoms with E-state index in [1.807, 2.05) is 13.8 Å². The van der Waals surface area contributed by atoms with Gasteiger partial charge in [0.2, 0.25) is 0 Å². The first-order valence-corrected chi connectivity index (χ1v) is 10.9. The second-order valence-electron chi connectivity index (χ2n) is 7.58. The molecule has 0 amide bonds. The van der Waals surface area contributed by atoms with Gasteiger partial charge in [-0.3, -0.25) is 9.90 Å². The van der Waals surface area contributed by atoms with Crippen LogP contribution in [0.25, 0.3) is 10.9 Å². The Morgan fingerprint density at radius 3 is 2.63 bits per heavy atom. The smallest absolute Gasteiger partial charge is 0.286 e. The number of pyridine rings is 1. The number of para-hydroxylation sites is 1. The molecule has 155 valence electrons. The molecule has 0 bridgehead atoms. The Balaban J connectivity index is 1.97. The Kier molecular flexibility index (Phi) is 4.77. The Hall–Kier alpha value is -3.33. The van der Waals surface area contributed by atoms with E-state index >= 15 is 0 Å². The number of anilines is 1. The van der Waals surface area contributed by atoms with Crippen molar-refractivity contribution in [3.8, 4) is 11.5 Å². The number of aryl methyl sites for hydroxylation is 1. The molecule has 0 saturated carbocycles. The van der Waals surface area contributed by atoms with Gasteiger partial charge in [0.1, 0.15) is 16.2 Å². The average Bonchev–Trinajstić information content (AvgIpc) is 2.68. The lowest BCUT2D eigenvalue weighted by molar-refractivity contribution is 0.353. The number of sulfonamides is 1. The Morgan fingerprint density at radius 2 is 1.90 bits per heavy atom. The summed E-state index contributed by atoms with van der Waals surface area (Å²) >= 11 is 0. The molecule has 4 rings (SSSR count). The first-order valence-electron chi connectivity index (χ1n) is 9.47. The highest BCUT2D eigenvalue weighted by atomic mass is 32.2. The molecule has 0 aliphatic carbocycles. The molecular formula is C21H20N3O5S. The van der Waals surface area contributed by atoms with Crippen LogP contribution in [0.4, 0.5) is 5.69 Å². The maximum absolute atomic E-state index is 13.3. The molecule has 2 heterocycles. The van der Waals surface area contributed by atoms with Gasteiger partial charge in [0.15, 0.2) is 11.6 Å². The van der Waals surface area contributed by atoms with Crippen molar-refractivity contribution in [3.05, 3.63) is 58.4 Å². The highest BCUT2D eigenvalue weighted by Gasteiger charge is 2.30. The molecule has 1 radical (unpaired) electrons. The first kappa shape index (κ1) is 20.0. The molecule has 1 aliphatic heterocycles. The molecule has 0 atom stereocenters. The number of benzene rings is 2. The second-order valence-corrected chi connectivity index (χ2v) is 9.15. The van der Waals surface area contributed by atoms with E-state index in [1.54, 1.807) is 24.3 Å². The van der Waals surface area contributed by atoms with Crippen molar-refractivity contribution in [2.45, 2.75) is 31.7 Å². The Bertz CT molecular complexity index is 1360. The van der Waals surface area contributed by atoms with E-state index < -0.39 is 21.3 Å². The Morgan fingerprint density at radius 1 is 1.17 bits per heavy atom. The van der Waals surface area contributed by atoms with E-state index in [2.05, 4.69) is 9.71 Å². The summed E-state index contributed by atoms with van der Waals surface area (Å²) in [5, 5.41) is 25.6. The van der Waals surface area contributed by atoms with E-state index in [-0.39, 0.29) is 27.7 Å². The fourth-order valence-corrected chi connectivity index (χ4v) is 4.60. The number of nitrogens with one attached hydrogen (secondary N) is 1. The summed E-state index contributed by atoms with van der Waals surface area (Å²) in [6, 6.07) is 10.4. The molecule has 3 aromatic rings. The van der Waals surface area contributed by atoms with Gasteiger partial charge < -0.3 is 15.0 Å². The number of nitrogens with zero attached hydrogens (tertiary/aromatic N) is 2. The Labute approximate surface area is 173 Å². The van der Waals surface area contributed by atoms with Crippen LogP contribution >= 0.6 is 0 Å². The number of hydrogen-bond acceptors (Lipinski definition) is 5. The molecule has 30 heavy (non-hydrogen) atoms. The lowest BCUT2D eigenvalue weighted by atomic mass is 10.1. The van der Waals surface area contributed by atoms with Crippen LogP contribution in [-0.2, 0) is 21.7 Å². The molecule has 0 saturated heterocycles. The molecule has 1 aliphatic rings. The number of aromatic nitrogens is 1.